The Bertz CT molecular complexity index is 225. The fourth-order valence-electron chi connectivity index (χ4n) is 1.64. The summed E-state index contributed by atoms with van der Waals surface area (Å²) in [4.78, 5) is 13.4. The van der Waals surface area contributed by atoms with E-state index in [-0.39, 0.29) is 44.4 Å². The third kappa shape index (κ3) is 4.05. The van der Waals surface area contributed by atoms with Gasteiger partial charge in [0.15, 0.2) is 0 Å². The zero-order valence-electron chi connectivity index (χ0n) is 9.56. The number of rotatable bonds is 5. The molecule has 1 heterocycles. The molecule has 94 valence electrons. The molecule has 1 aliphatic heterocycles. The quantitative estimate of drug-likeness (QED) is 0.520. The van der Waals surface area contributed by atoms with Gasteiger partial charge in [0.25, 0.3) is 0 Å². The molecule has 2 atom stereocenters. The molecule has 1 saturated heterocycles. The van der Waals surface area contributed by atoms with Crippen molar-refractivity contribution in [2.24, 2.45) is 0 Å². The molecule has 0 aromatic rings. The molecule has 0 aromatic carbocycles. The maximum absolute atomic E-state index is 11.4. The summed E-state index contributed by atoms with van der Waals surface area (Å²) in [6.07, 6.45) is -0.207. The summed E-state index contributed by atoms with van der Waals surface area (Å²) in [6, 6.07) is 0.169. The third-order valence-corrected chi connectivity index (χ3v) is 2.62. The van der Waals surface area contributed by atoms with Crippen LogP contribution in [0.1, 0.15) is 6.92 Å². The van der Waals surface area contributed by atoms with Crippen LogP contribution in [0.4, 0.5) is 0 Å². The Morgan fingerprint density at radius 2 is 2.31 bits per heavy atom. The number of nitrogens with zero attached hydrogens (tertiary/aromatic N) is 1. The zero-order chi connectivity index (χ0) is 12.0. The molecule has 2 unspecified atom stereocenters. The number of nitrogens with one attached hydrogen (secondary N) is 1. The average molecular weight is 232 g/mol. The van der Waals surface area contributed by atoms with Crippen molar-refractivity contribution in [3.05, 3.63) is 0 Å². The number of morpholine rings is 1. The fourth-order valence-corrected chi connectivity index (χ4v) is 1.64. The summed E-state index contributed by atoms with van der Waals surface area (Å²) in [5.41, 5.74) is 0. The zero-order valence-corrected chi connectivity index (χ0v) is 9.56. The average Bonchev–Trinajstić information content (AvgIpc) is 2.29. The van der Waals surface area contributed by atoms with Crippen LogP contribution in [-0.2, 0) is 9.53 Å². The highest BCUT2D eigenvalue weighted by Crippen LogP contribution is 2.10. The first-order valence-corrected chi connectivity index (χ1v) is 5.51. The van der Waals surface area contributed by atoms with Crippen LogP contribution in [0.15, 0.2) is 0 Å². The van der Waals surface area contributed by atoms with E-state index in [9.17, 15) is 4.79 Å². The van der Waals surface area contributed by atoms with Crippen molar-refractivity contribution >= 4 is 5.91 Å². The maximum Gasteiger partial charge on any atom is 0.234 e. The molecule has 1 aliphatic rings. The number of hydrogen-bond donors (Lipinski definition) is 3. The Labute approximate surface area is 95.2 Å². The van der Waals surface area contributed by atoms with Crippen molar-refractivity contribution in [3.8, 4) is 0 Å². The van der Waals surface area contributed by atoms with Gasteiger partial charge >= 0.3 is 0 Å². The lowest BCUT2D eigenvalue weighted by molar-refractivity contribution is -0.127. The predicted octanol–water partition coefficient (Wildman–Crippen LogP) is -1.82. The Morgan fingerprint density at radius 1 is 1.56 bits per heavy atom. The lowest BCUT2D eigenvalue weighted by Gasteiger charge is -2.36. The number of ether oxygens (including phenoxy) is 1. The first-order valence-electron chi connectivity index (χ1n) is 5.51. The van der Waals surface area contributed by atoms with Crippen LogP contribution in [0.2, 0.25) is 0 Å². The van der Waals surface area contributed by atoms with E-state index in [2.05, 4.69) is 5.32 Å². The van der Waals surface area contributed by atoms with E-state index in [0.29, 0.717) is 13.2 Å². The van der Waals surface area contributed by atoms with E-state index in [0.717, 1.165) is 0 Å². The lowest BCUT2D eigenvalue weighted by atomic mass is 10.2. The van der Waals surface area contributed by atoms with E-state index in [4.69, 9.17) is 14.9 Å². The highest BCUT2D eigenvalue weighted by molar-refractivity contribution is 5.78. The number of hydrogen-bond acceptors (Lipinski definition) is 5. The van der Waals surface area contributed by atoms with Crippen LogP contribution in [-0.4, -0.2) is 72.6 Å². The minimum atomic E-state index is -0.207. The van der Waals surface area contributed by atoms with Gasteiger partial charge in [-0.05, 0) is 6.92 Å². The van der Waals surface area contributed by atoms with Crippen molar-refractivity contribution in [2.45, 2.75) is 19.1 Å². The number of amides is 1. The lowest BCUT2D eigenvalue weighted by Crippen LogP contribution is -2.52. The van der Waals surface area contributed by atoms with Crippen molar-refractivity contribution in [1.82, 2.24) is 10.2 Å². The van der Waals surface area contributed by atoms with Gasteiger partial charge < -0.3 is 20.3 Å². The molecule has 0 radical (unpaired) electrons. The van der Waals surface area contributed by atoms with Crippen LogP contribution in [0, 0.1) is 0 Å². The molecule has 0 aliphatic carbocycles. The molecule has 16 heavy (non-hydrogen) atoms. The van der Waals surface area contributed by atoms with Gasteiger partial charge in [0.1, 0.15) is 0 Å². The number of aliphatic hydroxyl groups excluding tert-OH is 2. The Morgan fingerprint density at radius 3 is 2.94 bits per heavy atom. The SMILES string of the molecule is CC1COC(CO)CN1CC(=O)NCCO. The van der Waals surface area contributed by atoms with Gasteiger partial charge in [0, 0.05) is 19.1 Å². The standard InChI is InChI=1S/C10H20N2O4/c1-8-7-16-9(6-14)4-12(8)5-10(15)11-2-3-13/h8-9,13-14H,2-7H2,1H3,(H,11,15). The van der Waals surface area contributed by atoms with Crippen molar-refractivity contribution in [1.29, 1.82) is 0 Å². The molecule has 1 rings (SSSR count). The maximum atomic E-state index is 11.4. The summed E-state index contributed by atoms with van der Waals surface area (Å²) in [5, 5.41) is 20.2. The first-order chi connectivity index (χ1) is 7.67. The van der Waals surface area contributed by atoms with Crippen LogP contribution >= 0.6 is 0 Å². The molecular weight excluding hydrogens is 212 g/mol. The number of carbonyl (C=O) groups excluding carboxylic acids is 1. The molecule has 3 N–H and O–H groups in total. The highest BCUT2D eigenvalue weighted by Gasteiger charge is 2.26. The van der Waals surface area contributed by atoms with Crippen LogP contribution in [0.25, 0.3) is 0 Å². The van der Waals surface area contributed by atoms with Gasteiger partial charge in [-0.3, -0.25) is 9.69 Å². The fraction of sp³-hybridized carbons (Fsp3) is 0.900. The second-order valence-electron chi connectivity index (χ2n) is 3.99. The predicted molar refractivity (Wildman–Crippen MR) is 58.0 cm³/mol. The Hall–Kier alpha value is -0.690. The smallest absolute Gasteiger partial charge is 0.234 e. The molecule has 6 heteroatoms. The molecule has 0 spiro atoms. The Balaban J connectivity index is 2.35. The van der Waals surface area contributed by atoms with E-state index < -0.39 is 0 Å². The molecule has 0 aromatic heterocycles. The van der Waals surface area contributed by atoms with E-state index >= 15 is 0 Å². The normalized spacial score (nSPS) is 26.7. The van der Waals surface area contributed by atoms with Gasteiger partial charge in [-0.15, -0.1) is 0 Å². The van der Waals surface area contributed by atoms with Gasteiger partial charge in [-0.2, -0.15) is 0 Å². The Kier molecular flexibility index (Phi) is 5.68. The van der Waals surface area contributed by atoms with Crippen molar-refractivity contribution in [3.63, 3.8) is 0 Å². The monoisotopic (exact) mass is 232 g/mol. The second kappa shape index (κ2) is 6.80. The summed E-state index contributed by atoms with van der Waals surface area (Å²) in [7, 11) is 0. The molecule has 6 nitrogen and oxygen atoms in total. The molecular formula is C10H20N2O4. The minimum Gasteiger partial charge on any atom is -0.395 e. The van der Waals surface area contributed by atoms with Crippen LogP contribution < -0.4 is 5.32 Å². The van der Waals surface area contributed by atoms with Crippen LogP contribution in [0.3, 0.4) is 0 Å². The minimum absolute atomic E-state index is 0.0263. The third-order valence-electron chi connectivity index (χ3n) is 2.62. The van der Waals surface area contributed by atoms with Crippen molar-refractivity contribution < 1.29 is 19.7 Å². The summed E-state index contributed by atoms with van der Waals surface area (Å²) >= 11 is 0. The van der Waals surface area contributed by atoms with Gasteiger partial charge in [0.05, 0.1) is 32.5 Å². The number of aliphatic hydroxyl groups is 2. The largest absolute Gasteiger partial charge is 0.395 e. The van der Waals surface area contributed by atoms with E-state index in [1.54, 1.807) is 0 Å². The molecule has 0 saturated carbocycles. The first kappa shape index (κ1) is 13.4. The number of carbonyl (C=O) groups is 1. The summed E-state index contributed by atoms with van der Waals surface area (Å²) in [5.74, 6) is -0.112. The van der Waals surface area contributed by atoms with Gasteiger partial charge in [-0.1, -0.05) is 0 Å². The topological polar surface area (TPSA) is 82.0 Å². The molecule has 1 fully saturated rings. The van der Waals surface area contributed by atoms with E-state index in [1.807, 2.05) is 11.8 Å². The van der Waals surface area contributed by atoms with E-state index in [1.165, 1.54) is 0 Å². The van der Waals surface area contributed by atoms with Gasteiger partial charge in [0.2, 0.25) is 5.91 Å². The summed E-state index contributed by atoms with van der Waals surface area (Å²) < 4.78 is 5.37. The molecule has 0 bridgehead atoms. The molecule has 1 amide bonds. The second-order valence-corrected chi connectivity index (χ2v) is 3.99. The summed E-state index contributed by atoms with van der Waals surface area (Å²) in [6.45, 7) is 3.54. The van der Waals surface area contributed by atoms with Crippen molar-refractivity contribution in [2.75, 3.05) is 39.5 Å². The highest BCUT2D eigenvalue weighted by atomic mass is 16.5. The van der Waals surface area contributed by atoms with Crippen LogP contribution in [0.5, 0.6) is 0 Å². The van der Waals surface area contributed by atoms with Gasteiger partial charge in [-0.25, -0.2) is 0 Å².